The fourth-order valence-electron chi connectivity index (χ4n) is 3.05. The number of fused-ring (bicyclic) bond motifs is 1. The van der Waals surface area contributed by atoms with Gasteiger partial charge in [-0.25, -0.2) is 0 Å². The van der Waals surface area contributed by atoms with Crippen LogP contribution < -0.4 is 5.43 Å². The van der Waals surface area contributed by atoms with Crippen molar-refractivity contribution in [2.24, 2.45) is 5.10 Å². The van der Waals surface area contributed by atoms with Gasteiger partial charge in [-0.15, -0.1) is 5.10 Å². The summed E-state index contributed by atoms with van der Waals surface area (Å²) in [5, 5.41) is 15.0. The summed E-state index contributed by atoms with van der Waals surface area (Å²) in [5.41, 5.74) is 6.65. The Bertz CT molecular complexity index is 995. The minimum Gasteiger partial charge on any atom is -0.259 e. The Kier molecular flexibility index (Phi) is 5.16. The first-order chi connectivity index (χ1) is 13.4. The average molecular weight is 352 g/mol. The molecule has 4 aromatic rings. The van der Waals surface area contributed by atoms with Crippen LogP contribution in [0.25, 0.3) is 10.8 Å². The third-order valence-electron chi connectivity index (χ3n) is 4.39. The summed E-state index contributed by atoms with van der Waals surface area (Å²) in [7, 11) is 0. The Hall–Kier alpha value is -3.53. The second-order valence-electron chi connectivity index (χ2n) is 6.40. The molecular formula is C23H20N4. The number of hydrazone groups is 1. The molecule has 0 atom stereocenters. The Morgan fingerprint density at radius 3 is 2.00 bits per heavy atom. The molecule has 27 heavy (non-hydrogen) atoms. The molecule has 4 nitrogen and oxygen atoms in total. The highest BCUT2D eigenvalue weighted by molar-refractivity contribution is 5.93. The Balaban J connectivity index is 1.62. The Morgan fingerprint density at radius 2 is 1.33 bits per heavy atom. The highest BCUT2D eigenvalue weighted by Gasteiger charge is 2.06. The molecule has 3 aromatic carbocycles. The zero-order chi connectivity index (χ0) is 18.3. The molecule has 0 amide bonds. The van der Waals surface area contributed by atoms with Gasteiger partial charge in [-0.05, 0) is 11.1 Å². The first kappa shape index (κ1) is 16.9. The molecule has 0 unspecified atom stereocenters. The van der Waals surface area contributed by atoms with Crippen molar-refractivity contribution in [3.8, 4) is 0 Å². The van der Waals surface area contributed by atoms with Crippen molar-refractivity contribution in [3.05, 3.63) is 102 Å². The third-order valence-corrected chi connectivity index (χ3v) is 4.39. The van der Waals surface area contributed by atoms with E-state index in [1.807, 2.05) is 36.4 Å². The fraction of sp³-hybridized carbons (Fsp3) is 0.0870. The quantitative estimate of drug-likeness (QED) is 0.397. The lowest BCUT2D eigenvalue weighted by Gasteiger charge is -2.09. The maximum atomic E-state index is 4.70. The number of anilines is 1. The highest BCUT2D eigenvalue weighted by Crippen LogP contribution is 2.19. The molecule has 0 aliphatic heterocycles. The molecule has 0 aliphatic carbocycles. The molecular weight excluding hydrogens is 332 g/mol. The first-order valence-electron chi connectivity index (χ1n) is 8.98. The molecule has 0 saturated heterocycles. The van der Waals surface area contributed by atoms with Gasteiger partial charge in [0.2, 0.25) is 0 Å². The van der Waals surface area contributed by atoms with E-state index in [1.165, 1.54) is 11.1 Å². The van der Waals surface area contributed by atoms with E-state index < -0.39 is 0 Å². The van der Waals surface area contributed by atoms with Crippen LogP contribution in [0.5, 0.6) is 0 Å². The van der Waals surface area contributed by atoms with Gasteiger partial charge in [0.1, 0.15) is 0 Å². The van der Waals surface area contributed by atoms with E-state index in [0.717, 1.165) is 29.3 Å². The van der Waals surface area contributed by atoms with Crippen LogP contribution in [0.1, 0.15) is 11.1 Å². The first-order valence-corrected chi connectivity index (χ1v) is 8.98. The highest BCUT2D eigenvalue weighted by atomic mass is 15.3. The Labute approximate surface area is 158 Å². The summed E-state index contributed by atoms with van der Waals surface area (Å²) in [5.74, 6) is 0.673. The van der Waals surface area contributed by atoms with Crippen LogP contribution in [-0.4, -0.2) is 15.9 Å². The number of nitrogens with zero attached hydrogens (tertiary/aromatic N) is 3. The van der Waals surface area contributed by atoms with Gasteiger partial charge in [0, 0.05) is 29.3 Å². The van der Waals surface area contributed by atoms with Crippen LogP contribution in [-0.2, 0) is 12.8 Å². The molecule has 0 saturated carbocycles. The molecule has 0 spiro atoms. The van der Waals surface area contributed by atoms with Crippen molar-refractivity contribution in [2.75, 3.05) is 5.43 Å². The fourth-order valence-corrected chi connectivity index (χ4v) is 3.05. The van der Waals surface area contributed by atoms with E-state index in [4.69, 9.17) is 5.10 Å². The molecule has 0 fully saturated rings. The molecule has 1 heterocycles. The lowest BCUT2D eigenvalue weighted by Crippen LogP contribution is -2.10. The average Bonchev–Trinajstić information content (AvgIpc) is 2.73. The number of rotatable bonds is 6. The summed E-state index contributed by atoms with van der Waals surface area (Å²) in [6, 6.07) is 28.8. The lowest BCUT2D eigenvalue weighted by molar-refractivity contribution is 1.03. The van der Waals surface area contributed by atoms with Gasteiger partial charge in [0.15, 0.2) is 5.82 Å². The van der Waals surface area contributed by atoms with E-state index in [9.17, 15) is 0 Å². The molecule has 0 bridgehead atoms. The normalized spacial score (nSPS) is 10.5. The molecule has 4 rings (SSSR count). The molecule has 0 radical (unpaired) electrons. The number of hydrogen-bond donors (Lipinski definition) is 1. The summed E-state index contributed by atoms with van der Waals surface area (Å²) < 4.78 is 0. The van der Waals surface area contributed by atoms with Crippen LogP contribution in [0.3, 0.4) is 0 Å². The zero-order valence-electron chi connectivity index (χ0n) is 14.9. The number of benzene rings is 3. The van der Waals surface area contributed by atoms with Crippen LogP contribution in [0.4, 0.5) is 5.82 Å². The summed E-state index contributed by atoms with van der Waals surface area (Å²) in [6.45, 7) is 0. The largest absolute Gasteiger partial charge is 0.259 e. The maximum absolute atomic E-state index is 4.70. The number of hydrogen-bond acceptors (Lipinski definition) is 4. The van der Waals surface area contributed by atoms with Crippen LogP contribution in [0, 0.1) is 0 Å². The molecule has 1 N–H and O–H groups in total. The minimum absolute atomic E-state index is 0.673. The van der Waals surface area contributed by atoms with Crippen LogP contribution >= 0.6 is 0 Å². The van der Waals surface area contributed by atoms with E-state index in [-0.39, 0.29) is 0 Å². The van der Waals surface area contributed by atoms with Gasteiger partial charge >= 0.3 is 0 Å². The summed E-state index contributed by atoms with van der Waals surface area (Å²) in [4.78, 5) is 0. The van der Waals surface area contributed by atoms with E-state index >= 15 is 0 Å². The van der Waals surface area contributed by atoms with Crippen molar-refractivity contribution >= 4 is 22.3 Å². The number of nitrogens with one attached hydrogen (secondary N) is 1. The SMILES string of the molecule is c1ccc(CC(Cc2ccccc2)=NNc2nncc3ccccc23)cc1. The number of aromatic nitrogens is 2. The van der Waals surface area contributed by atoms with Crippen molar-refractivity contribution in [1.29, 1.82) is 0 Å². The van der Waals surface area contributed by atoms with Crippen molar-refractivity contribution in [1.82, 2.24) is 10.2 Å². The van der Waals surface area contributed by atoms with Crippen molar-refractivity contribution < 1.29 is 0 Å². The predicted molar refractivity (Wildman–Crippen MR) is 111 cm³/mol. The van der Waals surface area contributed by atoms with Crippen molar-refractivity contribution in [3.63, 3.8) is 0 Å². The van der Waals surface area contributed by atoms with Crippen LogP contribution in [0.15, 0.2) is 96.2 Å². The molecule has 132 valence electrons. The molecule has 0 aliphatic rings. The van der Waals surface area contributed by atoms with Gasteiger partial charge in [-0.1, -0.05) is 84.9 Å². The second-order valence-corrected chi connectivity index (χ2v) is 6.40. The smallest absolute Gasteiger partial charge is 0.176 e. The minimum atomic E-state index is 0.673. The van der Waals surface area contributed by atoms with Gasteiger partial charge < -0.3 is 0 Å². The summed E-state index contributed by atoms with van der Waals surface area (Å²) in [6.07, 6.45) is 3.32. The van der Waals surface area contributed by atoms with E-state index in [2.05, 4.69) is 64.2 Å². The molecule has 4 heteroatoms. The zero-order valence-corrected chi connectivity index (χ0v) is 14.9. The maximum Gasteiger partial charge on any atom is 0.176 e. The topological polar surface area (TPSA) is 50.2 Å². The van der Waals surface area contributed by atoms with Gasteiger partial charge in [-0.3, -0.25) is 5.43 Å². The lowest BCUT2D eigenvalue weighted by atomic mass is 10.0. The van der Waals surface area contributed by atoms with Gasteiger partial charge in [0.05, 0.1) is 6.20 Å². The predicted octanol–water partition coefficient (Wildman–Crippen LogP) is 4.88. The van der Waals surface area contributed by atoms with E-state index in [0.29, 0.717) is 5.82 Å². The van der Waals surface area contributed by atoms with Gasteiger partial charge in [0.25, 0.3) is 0 Å². The monoisotopic (exact) mass is 352 g/mol. The standard InChI is InChI=1S/C23H20N4/c1-3-9-18(10-4-1)15-21(16-19-11-5-2-6-12-19)25-27-23-22-14-8-7-13-20(22)17-24-26-23/h1-14,17H,15-16H2,(H,26,27). The Morgan fingerprint density at radius 1 is 0.741 bits per heavy atom. The van der Waals surface area contributed by atoms with Crippen molar-refractivity contribution in [2.45, 2.75) is 12.8 Å². The van der Waals surface area contributed by atoms with Gasteiger partial charge in [-0.2, -0.15) is 10.2 Å². The third kappa shape index (κ3) is 4.36. The molecule has 1 aromatic heterocycles. The second kappa shape index (κ2) is 8.23. The van der Waals surface area contributed by atoms with E-state index in [1.54, 1.807) is 6.20 Å². The summed E-state index contributed by atoms with van der Waals surface area (Å²) >= 11 is 0. The van der Waals surface area contributed by atoms with Crippen LogP contribution in [0.2, 0.25) is 0 Å².